The number of benzene rings is 2. The highest BCUT2D eigenvalue weighted by atomic mass is 16.7. The lowest BCUT2D eigenvalue weighted by molar-refractivity contribution is -0.385. The molecular formula is C17H17NO7. The molecule has 1 aliphatic heterocycles. The number of hydrogen-bond donors (Lipinski definition) is 0. The molecule has 0 atom stereocenters. The van der Waals surface area contributed by atoms with Crippen LogP contribution in [-0.4, -0.2) is 25.9 Å². The number of nitro benzene ring substituents is 1. The number of ether oxygens (including phenoxy) is 5. The summed E-state index contributed by atoms with van der Waals surface area (Å²) in [7, 11) is 3.09. The Bertz CT molecular complexity index is 769. The molecule has 0 aromatic heterocycles. The lowest BCUT2D eigenvalue weighted by Gasteiger charge is -2.20. The van der Waals surface area contributed by atoms with Gasteiger partial charge < -0.3 is 23.7 Å². The monoisotopic (exact) mass is 347 g/mol. The molecular weight excluding hydrogens is 330 g/mol. The molecule has 3 rings (SSSR count). The molecule has 8 heteroatoms. The van der Waals surface area contributed by atoms with Crippen molar-refractivity contribution in [2.45, 2.75) is 13.2 Å². The van der Waals surface area contributed by atoms with E-state index in [1.807, 2.05) is 0 Å². The molecule has 8 nitrogen and oxygen atoms in total. The molecule has 0 aliphatic carbocycles. The van der Waals surface area contributed by atoms with Crippen LogP contribution in [0.15, 0.2) is 30.3 Å². The molecule has 1 heterocycles. The van der Waals surface area contributed by atoms with E-state index < -0.39 is 4.92 Å². The molecule has 0 amide bonds. The number of methoxy groups -OCH3 is 2. The normalized spacial score (nSPS) is 12.7. The number of hydrogen-bond acceptors (Lipinski definition) is 7. The van der Waals surface area contributed by atoms with Crippen LogP contribution in [0.5, 0.6) is 23.0 Å². The largest absolute Gasteiger partial charge is 0.496 e. The van der Waals surface area contributed by atoms with Crippen molar-refractivity contribution in [1.82, 2.24) is 0 Å². The number of non-ortho nitro benzene ring substituents is 1. The molecule has 0 spiro atoms. The van der Waals surface area contributed by atoms with Crippen LogP contribution < -0.4 is 18.9 Å². The summed E-state index contributed by atoms with van der Waals surface area (Å²) >= 11 is 0. The van der Waals surface area contributed by atoms with E-state index in [1.165, 1.54) is 12.1 Å². The van der Waals surface area contributed by atoms with Crippen molar-refractivity contribution >= 4 is 5.69 Å². The van der Waals surface area contributed by atoms with Crippen molar-refractivity contribution in [1.29, 1.82) is 0 Å². The minimum absolute atomic E-state index is 0.0327. The molecule has 2 aromatic carbocycles. The molecule has 0 fully saturated rings. The van der Waals surface area contributed by atoms with Crippen molar-refractivity contribution in [3.8, 4) is 23.0 Å². The number of fused-ring (bicyclic) bond motifs is 1. The van der Waals surface area contributed by atoms with Gasteiger partial charge in [-0.05, 0) is 0 Å². The molecule has 0 saturated carbocycles. The Morgan fingerprint density at radius 3 is 2.40 bits per heavy atom. The van der Waals surface area contributed by atoms with E-state index in [-0.39, 0.29) is 25.7 Å². The van der Waals surface area contributed by atoms with Gasteiger partial charge in [0.15, 0.2) is 6.79 Å². The van der Waals surface area contributed by atoms with E-state index in [9.17, 15) is 10.1 Å². The van der Waals surface area contributed by atoms with Gasteiger partial charge in [0.2, 0.25) is 0 Å². The second kappa shape index (κ2) is 7.27. The summed E-state index contributed by atoms with van der Waals surface area (Å²) in [6.07, 6.45) is 0. The minimum atomic E-state index is -0.451. The van der Waals surface area contributed by atoms with Crippen LogP contribution in [0.3, 0.4) is 0 Å². The molecule has 0 unspecified atom stereocenters. The first kappa shape index (κ1) is 16.8. The van der Waals surface area contributed by atoms with Crippen molar-refractivity contribution in [2.75, 3.05) is 21.0 Å². The third kappa shape index (κ3) is 3.74. The van der Waals surface area contributed by atoms with Crippen LogP contribution in [0.1, 0.15) is 11.1 Å². The Morgan fingerprint density at radius 1 is 1.08 bits per heavy atom. The van der Waals surface area contributed by atoms with Gasteiger partial charge in [-0.2, -0.15) is 0 Å². The van der Waals surface area contributed by atoms with Gasteiger partial charge in [-0.1, -0.05) is 0 Å². The first-order chi connectivity index (χ1) is 12.1. The van der Waals surface area contributed by atoms with E-state index in [1.54, 1.807) is 32.4 Å². The summed E-state index contributed by atoms with van der Waals surface area (Å²) in [6, 6.07) is 8.03. The summed E-state index contributed by atoms with van der Waals surface area (Å²) in [6.45, 7) is 0.460. The quantitative estimate of drug-likeness (QED) is 0.586. The lowest BCUT2D eigenvalue weighted by atomic mass is 10.1. The zero-order valence-corrected chi connectivity index (χ0v) is 13.8. The Labute approximate surface area is 144 Å². The van der Waals surface area contributed by atoms with Gasteiger partial charge in [-0.3, -0.25) is 10.1 Å². The average Bonchev–Trinajstić information content (AvgIpc) is 2.65. The number of rotatable bonds is 6. The summed E-state index contributed by atoms with van der Waals surface area (Å²) < 4.78 is 26.9. The number of nitro groups is 1. The van der Waals surface area contributed by atoms with Crippen molar-refractivity contribution in [3.63, 3.8) is 0 Å². The second-order valence-corrected chi connectivity index (χ2v) is 5.30. The molecule has 0 bridgehead atoms. The van der Waals surface area contributed by atoms with E-state index in [0.717, 1.165) is 0 Å². The predicted octanol–water partition coefficient (Wildman–Crippen LogP) is 3.06. The van der Waals surface area contributed by atoms with Crippen molar-refractivity contribution < 1.29 is 28.6 Å². The first-order valence-electron chi connectivity index (χ1n) is 7.47. The maximum Gasteiger partial charge on any atom is 0.270 e. The first-order valence-corrected chi connectivity index (χ1v) is 7.47. The fourth-order valence-corrected chi connectivity index (χ4v) is 2.52. The summed E-state index contributed by atoms with van der Waals surface area (Å²) in [5.41, 5.74) is 1.17. The topological polar surface area (TPSA) is 89.3 Å². The minimum Gasteiger partial charge on any atom is -0.496 e. The average molecular weight is 347 g/mol. The van der Waals surface area contributed by atoms with E-state index >= 15 is 0 Å². The Hall–Kier alpha value is -3.00. The van der Waals surface area contributed by atoms with Gasteiger partial charge in [-0.25, -0.2) is 0 Å². The van der Waals surface area contributed by atoms with Crippen LogP contribution >= 0.6 is 0 Å². The molecule has 0 saturated heterocycles. The lowest BCUT2D eigenvalue weighted by Crippen LogP contribution is -2.14. The summed E-state index contributed by atoms with van der Waals surface area (Å²) in [4.78, 5) is 10.7. The van der Waals surface area contributed by atoms with Crippen LogP contribution in [0.25, 0.3) is 0 Å². The summed E-state index contributed by atoms with van der Waals surface area (Å²) in [5.74, 6) is 2.25. The Kier molecular flexibility index (Phi) is 4.90. The molecule has 0 N–H and O–H groups in total. The van der Waals surface area contributed by atoms with Crippen LogP contribution in [0.2, 0.25) is 0 Å². The van der Waals surface area contributed by atoms with Crippen molar-refractivity contribution in [2.24, 2.45) is 0 Å². The van der Waals surface area contributed by atoms with E-state index in [0.29, 0.717) is 34.1 Å². The Morgan fingerprint density at radius 2 is 1.76 bits per heavy atom. The molecule has 2 aromatic rings. The predicted molar refractivity (Wildman–Crippen MR) is 87.3 cm³/mol. The van der Waals surface area contributed by atoms with Gasteiger partial charge in [0.1, 0.15) is 29.6 Å². The number of nitrogens with zero attached hydrogens (tertiary/aromatic N) is 1. The smallest absolute Gasteiger partial charge is 0.270 e. The maximum atomic E-state index is 11.1. The highest BCUT2D eigenvalue weighted by Gasteiger charge is 2.21. The Balaban J connectivity index is 1.88. The van der Waals surface area contributed by atoms with E-state index in [4.69, 9.17) is 23.7 Å². The molecule has 25 heavy (non-hydrogen) atoms. The van der Waals surface area contributed by atoms with Crippen LogP contribution in [-0.2, 0) is 18.0 Å². The van der Waals surface area contributed by atoms with Gasteiger partial charge in [0.25, 0.3) is 5.69 Å². The van der Waals surface area contributed by atoms with Gasteiger partial charge >= 0.3 is 0 Å². The zero-order chi connectivity index (χ0) is 17.8. The maximum absolute atomic E-state index is 11.1. The molecule has 0 radical (unpaired) electrons. The van der Waals surface area contributed by atoms with Crippen molar-refractivity contribution in [3.05, 3.63) is 51.6 Å². The van der Waals surface area contributed by atoms with Gasteiger partial charge in [-0.15, -0.1) is 0 Å². The van der Waals surface area contributed by atoms with Gasteiger partial charge in [0, 0.05) is 41.5 Å². The van der Waals surface area contributed by atoms with E-state index in [2.05, 4.69) is 0 Å². The molecule has 132 valence electrons. The third-order valence-corrected chi connectivity index (χ3v) is 3.70. The summed E-state index contributed by atoms with van der Waals surface area (Å²) in [5, 5.41) is 11.1. The SMILES string of the molecule is COc1cc(OC)cc(OCc2cc([N+](=O)[O-])cc3c2OCOC3)c1. The van der Waals surface area contributed by atoms with Crippen LogP contribution in [0.4, 0.5) is 5.69 Å². The third-order valence-electron chi connectivity index (χ3n) is 3.70. The standard InChI is InChI=1S/C17H17NO7/c1-21-14-5-15(22-2)7-16(6-14)24-9-12-4-13(18(19)20)3-11-8-23-10-25-17(11)12/h3-7H,8-10H2,1-2H3. The zero-order valence-electron chi connectivity index (χ0n) is 13.8. The second-order valence-electron chi connectivity index (χ2n) is 5.30. The molecule has 1 aliphatic rings. The van der Waals surface area contributed by atoms with Crippen LogP contribution in [0, 0.1) is 10.1 Å². The highest BCUT2D eigenvalue weighted by molar-refractivity contribution is 5.50. The highest BCUT2D eigenvalue weighted by Crippen LogP contribution is 2.34. The van der Waals surface area contributed by atoms with Gasteiger partial charge in [0.05, 0.1) is 25.7 Å². The fourth-order valence-electron chi connectivity index (χ4n) is 2.52. The fraction of sp³-hybridized carbons (Fsp3) is 0.294.